The molecule has 2 atom stereocenters. The van der Waals surface area contributed by atoms with Crippen LogP contribution in [-0.2, 0) is 13.1 Å². The van der Waals surface area contributed by atoms with E-state index in [2.05, 4.69) is 59.2 Å². The third-order valence-electron chi connectivity index (χ3n) is 3.14. The average Bonchev–Trinajstić information content (AvgIpc) is 2.98. The molecule has 2 aromatic rings. The van der Waals surface area contributed by atoms with E-state index in [0.29, 0.717) is 10.5 Å². The fraction of sp³-hybridized carbons (Fsp3) is 0.571. The van der Waals surface area contributed by atoms with Gasteiger partial charge in [-0.2, -0.15) is 0 Å². The van der Waals surface area contributed by atoms with Crippen LogP contribution in [0.5, 0.6) is 0 Å². The SMILES string of the molecule is Cc1nccn1CC(C)SSC(C)Cn1ccnc1C. The first-order valence-electron chi connectivity index (χ1n) is 6.84. The molecule has 2 heterocycles. The summed E-state index contributed by atoms with van der Waals surface area (Å²) in [7, 11) is 3.91. The Morgan fingerprint density at radius 1 is 0.900 bits per heavy atom. The average molecular weight is 310 g/mol. The molecule has 4 nitrogen and oxygen atoms in total. The Kier molecular flexibility index (Phi) is 5.60. The van der Waals surface area contributed by atoms with E-state index in [1.54, 1.807) is 0 Å². The Morgan fingerprint density at radius 2 is 1.30 bits per heavy atom. The van der Waals surface area contributed by atoms with Crippen LogP contribution >= 0.6 is 21.6 Å². The normalized spacial score (nSPS) is 14.4. The zero-order chi connectivity index (χ0) is 14.5. The van der Waals surface area contributed by atoms with Gasteiger partial charge in [0.1, 0.15) is 11.6 Å². The van der Waals surface area contributed by atoms with Gasteiger partial charge in [-0.1, -0.05) is 35.4 Å². The Balaban J connectivity index is 1.74. The van der Waals surface area contributed by atoms with E-state index in [1.165, 1.54) is 0 Å². The van der Waals surface area contributed by atoms with Crippen LogP contribution in [-0.4, -0.2) is 29.6 Å². The molecule has 2 aromatic heterocycles. The van der Waals surface area contributed by atoms with Crippen molar-refractivity contribution >= 4 is 21.6 Å². The topological polar surface area (TPSA) is 35.6 Å². The van der Waals surface area contributed by atoms with Gasteiger partial charge < -0.3 is 9.13 Å². The van der Waals surface area contributed by atoms with Gasteiger partial charge in [0.2, 0.25) is 0 Å². The Morgan fingerprint density at radius 3 is 1.60 bits per heavy atom. The van der Waals surface area contributed by atoms with Crippen molar-refractivity contribution < 1.29 is 0 Å². The number of rotatable bonds is 7. The van der Waals surface area contributed by atoms with Gasteiger partial charge in [-0.05, 0) is 13.8 Å². The van der Waals surface area contributed by atoms with Crippen LogP contribution in [0.25, 0.3) is 0 Å². The van der Waals surface area contributed by atoms with Gasteiger partial charge in [0, 0.05) is 48.4 Å². The minimum atomic E-state index is 0.569. The van der Waals surface area contributed by atoms with Crippen molar-refractivity contribution in [3.63, 3.8) is 0 Å². The molecule has 0 N–H and O–H groups in total. The van der Waals surface area contributed by atoms with E-state index < -0.39 is 0 Å². The van der Waals surface area contributed by atoms with Crippen molar-refractivity contribution in [2.45, 2.75) is 51.3 Å². The van der Waals surface area contributed by atoms with E-state index in [9.17, 15) is 0 Å². The Labute approximate surface area is 128 Å². The van der Waals surface area contributed by atoms with E-state index in [-0.39, 0.29) is 0 Å². The summed E-state index contributed by atoms with van der Waals surface area (Å²) in [6.45, 7) is 10.7. The second-order valence-electron chi connectivity index (χ2n) is 5.07. The maximum Gasteiger partial charge on any atom is 0.105 e. The van der Waals surface area contributed by atoms with Crippen LogP contribution in [0.1, 0.15) is 25.5 Å². The van der Waals surface area contributed by atoms with Gasteiger partial charge in [0.15, 0.2) is 0 Å². The lowest BCUT2D eigenvalue weighted by molar-refractivity contribution is 0.668. The van der Waals surface area contributed by atoms with Crippen LogP contribution < -0.4 is 0 Å². The summed E-state index contributed by atoms with van der Waals surface area (Å²) in [5.41, 5.74) is 0. The highest BCUT2D eigenvalue weighted by molar-refractivity contribution is 8.77. The van der Waals surface area contributed by atoms with Gasteiger partial charge in [-0.25, -0.2) is 9.97 Å². The molecule has 0 saturated carbocycles. The van der Waals surface area contributed by atoms with Crippen molar-refractivity contribution in [2.24, 2.45) is 0 Å². The molecular weight excluding hydrogens is 288 g/mol. The highest BCUT2D eigenvalue weighted by Crippen LogP contribution is 2.32. The molecule has 0 fully saturated rings. The van der Waals surface area contributed by atoms with E-state index >= 15 is 0 Å². The molecule has 0 aromatic carbocycles. The van der Waals surface area contributed by atoms with Gasteiger partial charge >= 0.3 is 0 Å². The molecular formula is C14H22N4S2. The van der Waals surface area contributed by atoms with Gasteiger partial charge in [0.05, 0.1) is 0 Å². The molecule has 2 unspecified atom stereocenters. The highest BCUT2D eigenvalue weighted by Gasteiger charge is 2.11. The zero-order valence-electron chi connectivity index (χ0n) is 12.5. The molecule has 0 aliphatic rings. The van der Waals surface area contributed by atoms with E-state index in [4.69, 9.17) is 0 Å². The minimum absolute atomic E-state index is 0.569. The summed E-state index contributed by atoms with van der Waals surface area (Å²) in [6.07, 6.45) is 7.83. The lowest BCUT2D eigenvalue weighted by atomic mass is 10.4. The lowest BCUT2D eigenvalue weighted by Gasteiger charge is -2.16. The standard InChI is InChI=1S/C14H22N4S2/c1-11(9-17-7-5-15-13(17)3)19-20-12(2)10-18-8-6-16-14(18)4/h5-8,11-12H,9-10H2,1-4H3. The molecule has 0 aliphatic carbocycles. The largest absolute Gasteiger partial charge is 0.334 e. The fourth-order valence-corrected chi connectivity index (χ4v) is 4.32. The summed E-state index contributed by atoms with van der Waals surface area (Å²) >= 11 is 0. The maximum atomic E-state index is 4.26. The first-order valence-corrected chi connectivity index (χ1v) is 9.11. The van der Waals surface area contributed by atoms with Crippen LogP contribution in [0.2, 0.25) is 0 Å². The molecule has 6 heteroatoms. The number of aryl methyl sites for hydroxylation is 2. The molecule has 110 valence electrons. The predicted octanol–water partition coefficient (Wildman–Crippen LogP) is 3.56. The van der Waals surface area contributed by atoms with Crippen molar-refractivity contribution in [2.75, 3.05) is 0 Å². The van der Waals surface area contributed by atoms with Gasteiger partial charge in [-0.15, -0.1) is 0 Å². The maximum absolute atomic E-state index is 4.26. The van der Waals surface area contributed by atoms with Gasteiger partial charge in [-0.3, -0.25) is 0 Å². The molecule has 0 aliphatic heterocycles. The van der Waals surface area contributed by atoms with E-state index in [0.717, 1.165) is 24.7 Å². The highest BCUT2D eigenvalue weighted by atomic mass is 33.1. The van der Waals surface area contributed by atoms with Crippen LogP contribution in [0.4, 0.5) is 0 Å². The van der Waals surface area contributed by atoms with Crippen LogP contribution in [0, 0.1) is 13.8 Å². The molecule has 0 saturated heterocycles. The van der Waals surface area contributed by atoms with Crippen molar-refractivity contribution in [3.05, 3.63) is 36.4 Å². The number of nitrogens with zero attached hydrogens (tertiary/aromatic N) is 4. The monoisotopic (exact) mass is 310 g/mol. The number of imidazole rings is 2. The second-order valence-corrected chi connectivity index (χ2v) is 8.22. The van der Waals surface area contributed by atoms with Crippen LogP contribution in [0.15, 0.2) is 24.8 Å². The lowest BCUT2D eigenvalue weighted by Crippen LogP contribution is -2.12. The predicted molar refractivity (Wildman–Crippen MR) is 88.0 cm³/mol. The summed E-state index contributed by atoms with van der Waals surface area (Å²) in [5, 5.41) is 1.14. The summed E-state index contributed by atoms with van der Waals surface area (Å²) in [4.78, 5) is 8.52. The Bertz CT molecular complexity index is 487. The molecule has 0 bridgehead atoms. The molecule has 0 radical (unpaired) electrons. The van der Waals surface area contributed by atoms with Crippen molar-refractivity contribution in [1.29, 1.82) is 0 Å². The summed E-state index contributed by atoms with van der Waals surface area (Å²) in [5.74, 6) is 2.18. The van der Waals surface area contributed by atoms with Crippen molar-refractivity contribution in [3.8, 4) is 0 Å². The summed E-state index contributed by atoms with van der Waals surface area (Å²) < 4.78 is 4.42. The van der Waals surface area contributed by atoms with Crippen molar-refractivity contribution in [1.82, 2.24) is 19.1 Å². The first kappa shape index (κ1) is 15.5. The smallest absolute Gasteiger partial charge is 0.105 e. The third-order valence-corrected chi connectivity index (χ3v) is 6.51. The number of hydrogen-bond acceptors (Lipinski definition) is 4. The fourth-order valence-electron chi connectivity index (χ4n) is 2.00. The quantitative estimate of drug-likeness (QED) is 0.733. The summed E-state index contributed by atoms with van der Waals surface area (Å²) in [6, 6.07) is 0. The second kappa shape index (κ2) is 7.22. The Hall–Kier alpha value is -0.880. The number of aromatic nitrogens is 4. The molecule has 2 rings (SSSR count). The number of hydrogen-bond donors (Lipinski definition) is 0. The molecule has 0 spiro atoms. The van der Waals surface area contributed by atoms with E-state index in [1.807, 2.05) is 34.0 Å². The zero-order valence-corrected chi connectivity index (χ0v) is 14.1. The van der Waals surface area contributed by atoms with Crippen LogP contribution in [0.3, 0.4) is 0 Å². The van der Waals surface area contributed by atoms with Gasteiger partial charge in [0.25, 0.3) is 0 Å². The minimum Gasteiger partial charge on any atom is -0.334 e. The molecule has 0 amide bonds. The third kappa shape index (κ3) is 4.31. The first-order chi connectivity index (χ1) is 9.56. The molecule has 20 heavy (non-hydrogen) atoms.